The van der Waals surface area contributed by atoms with Crippen molar-refractivity contribution in [3.8, 4) is 33.6 Å². The van der Waals surface area contributed by atoms with Crippen LogP contribution in [0.15, 0.2) is 85.5 Å². The summed E-state index contributed by atoms with van der Waals surface area (Å²) in [4.78, 5) is 61.9. The van der Waals surface area contributed by atoms with Crippen LogP contribution in [0.5, 0.6) is 0 Å². The fraction of sp³-hybridized carbons (Fsp3) is 0.350. The van der Waals surface area contributed by atoms with Gasteiger partial charge in [0.15, 0.2) is 0 Å². The number of aromatic nitrogens is 5. The number of hydrogen-bond donors (Lipinski definition) is 5. The van der Waals surface area contributed by atoms with E-state index in [9.17, 15) is 14.4 Å². The summed E-state index contributed by atoms with van der Waals surface area (Å²) in [5.41, 5.74) is 6.70. The zero-order valence-electron chi connectivity index (χ0n) is 30.1. The molecule has 3 aromatic heterocycles. The summed E-state index contributed by atoms with van der Waals surface area (Å²) in [7, 11) is 0. The Hall–Kier alpha value is -5.98. The number of imidazole rings is 2. The van der Waals surface area contributed by atoms with E-state index in [0.717, 1.165) is 70.8 Å². The number of aromatic amines is 2. The van der Waals surface area contributed by atoms with Gasteiger partial charge in [0.25, 0.3) is 0 Å². The zero-order chi connectivity index (χ0) is 37.1. The molecule has 0 saturated carbocycles. The number of nitrogens with one attached hydrogen (secondary N) is 4. The number of anilines is 1. The molecule has 13 heteroatoms. The molecule has 5 N–H and O–H groups in total. The summed E-state index contributed by atoms with van der Waals surface area (Å²) in [6.45, 7) is 6.92. The first-order valence-corrected chi connectivity index (χ1v) is 18.2. The monoisotopic (exact) mass is 715 g/mol. The van der Waals surface area contributed by atoms with Gasteiger partial charge in [-0.05, 0) is 72.9 Å². The van der Waals surface area contributed by atoms with Crippen molar-refractivity contribution in [3.63, 3.8) is 0 Å². The van der Waals surface area contributed by atoms with Gasteiger partial charge >= 0.3 is 6.09 Å². The van der Waals surface area contributed by atoms with Crippen LogP contribution < -0.4 is 10.6 Å². The van der Waals surface area contributed by atoms with Crippen molar-refractivity contribution in [3.05, 3.63) is 97.1 Å². The maximum Gasteiger partial charge on any atom is 0.405 e. The standard InChI is InChI=1S/C40H45N9O4/c1-24(2)35(45-30-7-4-18-41-21-30)39(51)49-20-6-9-34(49)37-43-23-32(47-37)29-16-12-27(13-17-29)26-10-14-28(15-11-26)31-22-42-36(46-31)33-8-5-19-48(33)38(50)25(3)44-40(52)53/h4,7,10-18,21-25,33-35,44-45H,5-6,8-9,19-20H2,1-3H3,(H,42,46)(H,43,47)(H,52,53)/t25-,33-,34-,35-/m0/s1. The highest BCUT2D eigenvalue weighted by molar-refractivity contribution is 5.86. The van der Waals surface area contributed by atoms with E-state index in [1.807, 2.05) is 35.4 Å². The molecule has 0 spiro atoms. The Morgan fingerprint density at radius 3 is 1.72 bits per heavy atom. The molecule has 5 aromatic rings. The van der Waals surface area contributed by atoms with Crippen molar-refractivity contribution in [2.24, 2.45) is 5.92 Å². The van der Waals surface area contributed by atoms with E-state index < -0.39 is 12.1 Å². The predicted octanol–water partition coefficient (Wildman–Crippen LogP) is 6.65. The van der Waals surface area contributed by atoms with Gasteiger partial charge in [0.1, 0.15) is 23.7 Å². The number of carbonyl (C=O) groups excluding carboxylic acids is 2. The van der Waals surface area contributed by atoms with Crippen LogP contribution in [-0.2, 0) is 9.59 Å². The van der Waals surface area contributed by atoms with Crippen molar-refractivity contribution in [2.45, 2.75) is 70.6 Å². The van der Waals surface area contributed by atoms with Crippen LogP contribution in [-0.4, -0.2) is 82.9 Å². The summed E-state index contributed by atoms with van der Waals surface area (Å²) < 4.78 is 0. The molecule has 0 bridgehead atoms. The number of nitrogens with zero attached hydrogens (tertiary/aromatic N) is 5. The number of pyridine rings is 1. The molecule has 0 unspecified atom stereocenters. The van der Waals surface area contributed by atoms with Crippen LogP contribution in [0.4, 0.5) is 10.5 Å². The van der Waals surface area contributed by atoms with Gasteiger partial charge in [-0.15, -0.1) is 0 Å². The molecule has 2 aromatic carbocycles. The molecule has 53 heavy (non-hydrogen) atoms. The average molecular weight is 716 g/mol. The maximum absolute atomic E-state index is 13.8. The van der Waals surface area contributed by atoms with Gasteiger partial charge in [-0.1, -0.05) is 62.4 Å². The molecule has 0 radical (unpaired) electrons. The Labute approximate surface area is 308 Å². The lowest BCUT2D eigenvalue weighted by molar-refractivity contribution is -0.134. The van der Waals surface area contributed by atoms with E-state index in [2.05, 4.69) is 80.8 Å². The van der Waals surface area contributed by atoms with Gasteiger partial charge in [-0.2, -0.15) is 0 Å². The number of hydrogen-bond acceptors (Lipinski definition) is 7. The summed E-state index contributed by atoms with van der Waals surface area (Å²) >= 11 is 0. The van der Waals surface area contributed by atoms with Crippen molar-refractivity contribution >= 4 is 23.6 Å². The number of benzene rings is 2. The lowest BCUT2D eigenvalue weighted by Crippen LogP contribution is -2.46. The molecule has 13 nitrogen and oxygen atoms in total. The molecule has 5 heterocycles. The van der Waals surface area contributed by atoms with E-state index in [4.69, 9.17) is 10.1 Å². The van der Waals surface area contributed by atoms with Crippen LogP contribution >= 0.6 is 0 Å². The number of rotatable bonds is 11. The van der Waals surface area contributed by atoms with Gasteiger partial charge in [0, 0.05) is 25.5 Å². The van der Waals surface area contributed by atoms with Gasteiger partial charge in [0.2, 0.25) is 11.8 Å². The smallest absolute Gasteiger partial charge is 0.405 e. The Bertz CT molecular complexity index is 2040. The number of amides is 3. The molecule has 2 saturated heterocycles. The molecule has 0 aliphatic carbocycles. The molecule has 2 aliphatic heterocycles. The topological polar surface area (TPSA) is 172 Å². The first-order chi connectivity index (χ1) is 25.7. The largest absolute Gasteiger partial charge is 0.465 e. The van der Waals surface area contributed by atoms with E-state index in [1.165, 1.54) is 0 Å². The zero-order valence-corrected chi connectivity index (χ0v) is 30.1. The summed E-state index contributed by atoms with van der Waals surface area (Å²) in [6.07, 6.45) is 9.23. The van der Waals surface area contributed by atoms with E-state index in [0.29, 0.717) is 18.9 Å². The summed E-state index contributed by atoms with van der Waals surface area (Å²) in [5, 5.41) is 14.7. The van der Waals surface area contributed by atoms with Crippen molar-refractivity contribution in [1.29, 1.82) is 0 Å². The molecule has 2 fully saturated rings. The minimum atomic E-state index is -1.22. The number of H-pyrrole nitrogens is 2. The lowest BCUT2D eigenvalue weighted by atomic mass is 10.0. The second-order valence-electron chi connectivity index (χ2n) is 14.2. The third-order valence-corrected chi connectivity index (χ3v) is 10.2. The normalized spacial score (nSPS) is 18.3. The van der Waals surface area contributed by atoms with Crippen molar-refractivity contribution in [1.82, 2.24) is 40.0 Å². The Morgan fingerprint density at radius 2 is 1.25 bits per heavy atom. The third-order valence-electron chi connectivity index (χ3n) is 10.2. The Morgan fingerprint density at radius 1 is 0.736 bits per heavy atom. The van der Waals surface area contributed by atoms with Gasteiger partial charge in [-0.3, -0.25) is 14.6 Å². The maximum atomic E-state index is 13.8. The minimum absolute atomic E-state index is 0.0713. The number of carboxylic acid groups (broad SMARTS) is 1. The minimum Gasteiger partial charge on any atom is -0.465 e. The SMILES string of the molecule is CC(C)[C@H](Nc1cccnc1)C(=O)N1CCC[C@H]1c1ncc(-c2ccc(-c3ccc(-c4cnc([C@@H]5CCCN5C(=O)[C@H](C)NC(=O)O)[nH]4)cc3)cc2)[nH]1. The summed E-state index contributed by atoms with van der Waals surface area (Å²) in [6, 6.07) is 18.8. The molecule has 2 aliphatic rings. The molecule has 3 amide bonds. The van der Waals surface area contributed by atoms with Crippen LogP contribution in [0.1, 0.15) is 70.2 Å². The molecular weight excluding hydrogens is 670 g/mol. The lowest BCUT2D eigenvalue weighted by Gasteiger charge is -2.30. The highest BCUT2D eigenvalue weighted by atomic mass is 16.4. The fourth-order valence-electron chi connectivity index (χ4n) is 7.43. The van der Waals surface area contributed by atoms with Crippen LogP contribution in [0.2, 0.25) is 0 Å². The van der Waals surface area contributed by atoms with Crippen LogP contribution in [0.3, 0.4) is 0 Å². The van der Waals surface area contributed by atoms with Crippen LogP contribution in [0, 0.1) is 5.92 Å². The average Bonchev–Trinajstić information content (AvgIpc) is 4.00. The van der Waals surface area contributed by atoms with Gasteiger partial charge in [-0.25, -0.2) is 14.8 Å². The highest BCUT2D eigenvalue weighted by Gasteiger charge is 2.37. The molecule has 274 valence electrons. The van der Waals surface area contributed by atoms with E-state index in [-0.39, 0.29) is 35.9 Å². The Kier molecular flexibility index (Phi) is 10.2. The van der Waals surface area contributed by atoms with Gasteiger partial charge < -0.3 is 35.5 Å². The Balaban J connectivity index is 0.999. The number of likely N-dealkylation sites (tertiary alicyclic amines) is 2. The number of carbonyl (C=O) groups is 3. The van der Waals surface area contributed by atoms with E-state index >= 15 is 0 Å². The second-order valence-corrected chi connectivity index (χ2v) is 14.2. The third kappa shape index (κ3) is 7.64. The fourth-order valence-corrected chi connectivity index (χ4v) is 7.43. The molecular formula is C40H45N9O4. The second kappa shape index (κ2) is 15.3. The molecule has 7 rings (SSSR count). The first kappa shape index (κ1) is 35.4. The summed E-state index contributed by atoms with van der Waals surface area (Å²) in [5.74, 6) is 1.40. The quantitative estimate of drug-likeness (QED) is 0.101. The molecule has 4 atom stereocenters. The van der Waals surface area contributed by atoms with E-state index in [1.54, 1.807) is 30.4 Å². The van der Waals surface area contributed by atoms with Crippen molar-refractivity contribution in [2.75, 3.05) is 18.4 Å². The van der Waals surface area contributed by atoms with Crippen LogP contribution in [0.25, 0.3) is 33.6 Å². The first-order valence-electron chi connectivity index (χ1n) is 18.2. The highest BCUT2D eigenvalue weighted by Crippen LogP contribution is 2.35. The predicted molar refractivity (Wildman–Crippen MR) is 202 cm³/mol. The van der Waals surface area contributed by atoms with Crippen molar-refractivity contribution < 1.29 is 19.5 Å². The van der Waals surface area contributed by atoms with Gasteiger partial charge in [0.05, 0.1) is 41.6 Å².